The normalized spacial score (nSPS) is 9.71. The maximum absolute atomic E-state index is 11.4. The Morgan fingerprint density at radius 3 is 2.59 bits per heavy atom. The van der Waals surface area contributed by atoms with Gasteiger partial charge in [-0.2, -0.15) is 0 Å². The Bertz CT molecular complexity index is 482. The molecule has 0 heterocycles. The Hall–Kier alpha value is -2.44. The van der Waals surface area contributed by atoms with Crippen molar-refractivity contribution in [1.29, 1.82) is 0 Å². The van der Waals surface area contributed by atoms with Crippen LogP contribution in [0.1, 0.15) is 27.6 Å². The van der Waals surface area contributed by atoms with Gasteiger partial charge < -0.3 is 9.84 Å². The summed E-state index contributed by atoms with van der Waals surface area (Å²) in [6.07, 6.45) is 0. The van der Waals surface area contributed by atoms with E-state index < -0.39 is 22.5 Å². The molecule has 0 amide bonds. The second-order valence-corrected chi connectivity index (χ2v) is 3.01. The molecule has 1 aromatic rings. The van der Waals surface area contributed by atoms with E-state index in [-0.39, 0.29) is 17.7 Å². The van der Waals surface area contributed by atoms with E-state index in [1.54, 1.807) is 6.92 Å². The predicted molar refractivity (Wildman–Crippen MR) is 56.0 cm³/mol. The second kappa shape index (κ2) is 5.06. The van der Waals surface area contributed by atoms with Crippen LogP contribution in [0.2, 0.25) is 0 Å². The smallest absolute Gasteiger partial charge is 0.345 e. The highest BCUT2D eigenvalue weighted by molar-refractivity contribution is 5.97. The van der Waals surface area contributed by atoms with Crippen LogP contribution in [-0.4, -0.2) is 28.6 Å². The van der Waals surface area contributed by atoms with E-state index in [1.807, 2.05) is 0 Å². The lowest BCUT2D eigenvalue weighted by Crippen LogP contribution is -2.10. The van der Waals surface area contributed by atoms with Crippen LogP contribution in [0.25, 0.3) is 0 Å². The monoisotopic (exact) mass is 239 g/mol. The first-order chi connectivity index (χ1) is 7.97. The van der Waals surface area contributed by atoms with Crippen LogP contribution in [0.5, 0.6) is 0 Å². The fourth-order valence-electron chi connectivity index (χ4n) is 1.20. The molecule has 90 valence electrons. The number of hydrogen-bond acceptors (Lipinski definition) is 5. The molecule has 0 unspecified atom stereocenters. The highest BCUT2D eigenvalue weighted by Crippen LogP contribution is 2.21. The first-order valence-electron chi connectivity index (χ1n) is 4.66. The van der Waals surface area contributed by atoms with Crippen LogP contribution in [0.3, 0.4) is 0 Å². The lowest BCUT2D eigenvalue weighted by Gasteiger charge is -2.03. The molecule has 1 rings (SSSR count). The molecule has 0 atom stereocenters. The predicted octanol–water partition coefficient (Wildman–Crippen LogP) is 1.47. The summed E-state index contributed by atoms with van der Waals surface area (Å²) in [6, 6.07) is 2.96. The Morgan fingerprint density at radius 1 is 1.47 bits per heavy atom. The average molecular weight is 239 g/mol. The zero-order valence-corrected chi connectivity index (χ0v) is 8.87. The number of hydrogen-bond donors (Lipinski definition) is 1. The molecule has 7 heteroatoms. The Morgan fingerprint density at radius 2 is 2.12 bits per heavy atom. The van der Waals surface area contributed by atoms with Crippen LogP contribution in [0, 0.1) is 10.1 Å². The summed E-state index contributed by atoms with van der Waals surface area (Å²) in [7, 11) is 0. The maximum atomic E-state index is 11.4. The molecule has 1 aromatic carbocycles. The van der Waals surface area contributed by atoms with Crippen molar-refractivity contribution in [2.75, 3.05) is 6.61 Å². The molecule has 0 bridgehead atoms. The molecule has 0 radical (unpaired) electrons. The third kappa shape index (κ3) is 2.77. The fourth-order valence-corrected chi connectivity index (χ4v) is 1.20. The Kier molecular flexibility index (Phi) is 3.76. The molecule has 1 N–H and O–H groups in total. The van der Waals surface area contributed by atoms with Crippen molar-refractivity contribution >= 4 is 17.6 Å². The van der Waals surface area contributed by atoms with Crippen LogP contribution < -0.4 is 0 Å². The molecule has 0 aliphatic heterocycles. The first kappa shape index (κ1) is 12.6. The van der Waals surface area contributed by atoms with Crippen LogP contribution in [0.4, 0.5) is 5.69 Å². The highest BCUT2D eigenvalue weighted by Gasteiger charge is 2.23. The number of carboxylic acid groups (broad SMARTS) is 1. The number of carbonyl (C=O) groups excluding carboxylic acids is 1. The SMILES string of the molecule is CCOC(=O)c1cc(C(=O)O)ccc1[N+](=O)[O-]. The quantitative estimate of drug-likeness (QED) is 0.484. The number of carbonyl (C=O) groups is 2. The number of nitro benzene ring substituents is 1. The molecular formula is C10H9NO6. The van der Waals surface area contributed by atoms with Gasteiger partial charge in [0.1, 0.15) is 5.56 Å². The van der Waals surface area contributed by atoms with Gasteiger partial charge in [-0.1, -0.05) is 0 Å². The topological polar surface area (TPSA) is 107 Å². The second-order valence-electron chi connectivity index (χ2n) is 3.01. The van der Waals surface area contributed by atoms with Gasteiger partial charge in [0, 0.05) is 6.07 Å². The molecule has 0 saturated carbocycles. The van der Waals surface area contributed by atoms with E-state index in [9.17, 15) is 19.7 Å². The van der Waals surface area contributed by atoms with Crippen LogP contribution in [0.15, 0.2) is 18.2 Å². The molecule has 0 fully saturated rings. The van der Waals surface area contributed by atoms with E-state index in [1.165, 1.54) is 0 Å². The number of carboxylic acids is 1. The average Bonchev–Trinajstić information content (AvgIpc) is 2.28. The van der Waals surface area contributed by atoms with Crippen molar-refractivity contribution in [2.24, 2.45) is 0 Å². The third-order valence-electron chi connectivity index (χ3n) is 1.94. The highest BCUT2D eigenvalue weighted by atomic mass is 16.6. The van der Waals surface area contributed by atoms with E-state index in [2.05, 4.69) is 4.74 Å². The van der Waals surface area contributed by atoms with Crippen molar-refractivity contribution in [3.63, 3.8) is 0 Å². The number of aromatic carboxylic acids is 1. The summed E-state index contributed by atoms with van der Waals surface area (Å²) in [4.78, 5) is 32.0. The summed E-state index contributed by atoms with van der Waals surface area (Å²) in [5, 5.41) is 19.4. The molecule has 0 aliphatic carbocycles. The summed E-state index contributed by atoms with van der Waals surface area (Å²) in [5.74, 6) is -2.19. The van der Waals surface area contributed by atoms with Crippen LogP contribution in [-0.2, 0) is 4.74 Å². The van der Waals surface area contributed by atoms with E-state index in [0.717, 1.165) is 18.2 Å². The zero-order valence-electron chi connectivity index (χ0n) is 8.87. The molecule has 0 saturated heterocycles. The van der Waals surface area contributed by atoms with Crippen molar-refractivity contribution < 1.29 is 24.4 Å². The summed E-state index contributed by atoms with van der Waals surface area (Å²) in [6.45, 7) is 1.60. The molecule has 17 heavy (non-hydrogen) atoms. The van der Waals surface area contributed by atoms with Crippen molar-refractivity contribution in [3.8, 4) is 0 Å². The lowest BCUT2D eigenvalue weighted by molar-refractivity contribution is -0.385. The number of nitro groups is 1. The Balaban J connectivity index is 3.30. The largest absolute Gasteiger partial charge is 0.478 e. The molecule has 0 spiro atoms. The van der Waals surface area contributed by atoms with E-state index >= 15 is 0 Å². The summed E-state index contributed by atoms with van der Waals surface area (Å²) < 4.78 is 4.62. The van der Waals surface area contributed by atoms with E-state index in [4.69, 9.17) is 5.11 Å². The standard InChI is InChI=1S/C10H9NO6/c1-2-17-10(14)7-5-6(9(12)13)3-4-8(7)11(15)16/h3-5H,2H2,1H3,(H,12,13). The van der Waals surface area contributed by atoms with Gasteiger partial charge in [0.25, 0.3) is 5.69 Å². The van der Waals surface area contributed by atoms with Crippen molar-refractivity contribution in [2.45, 2.75) is 6.92 Å². The minimum atomic E-state index is -1.27. The maximum Gasteiger partial charge on any atom is 0.345 e. The third-order valence-corrected chi connectivity index (χ3v) is 1.94. The molecule has 7 nitrogen and oxygen atoms in total. The van der Waals surface area contributed by atoms with Gasteiger partial charge in [0.2, 0.25) is 0 Å². The van der Waals surface area contributed by atoms with Crippen molar-refractivity contribution in [3.05, 3.63) is 39.4 Å². The van der Waals surface area contributed by atoms with Gasteiger partial charge >= 0.3 is 11.9 Å². The molecular weight excluding hydrogens is 230 g/mol. The van der Waals surface area contributed by atoms with Gasteiger partial charge in [0.05, 0.1) is 17.1 Å². The summed E-state index contributed by atoms with van der Waals surface area (Å²) >= 11 is 0. The van der Waals surface area contributed by atoms with Crippen molar-refractivity contribution in [1.82, 2.24) is 0 Å². The Labute approximate surface area is 95.8 Å². The van der Waals surface area contributed by atoms with Gasteiger partial charge in [-0.15, -0.1) is 0 Å². The van der Waals surface area contributed by atoms with Gasteiger partial charge in [-0.3, -0.25) is 10.1 Å². The zero-order chi connectivity index (χ0) is 13.0. The number of nitrogens with zero attached hydrogens (tertiary/aromatic N) is 1. The number of benzene rings is 1. The number of ether oxygens (including phenoxy) is 1. The summed E-state index contributed by atoms with van der Waals surface area (Å²) in [5.41, 5.74) is -1.05. The number of esters is 1. The van der Waals surface area contributed by atoms with Gasteiger partial charge in [-0.05, 0) is 19.1 Å². The van der Waals surface area contributed by atoms with Gasteiger partial charge in [-0.25, -0.2) is 9.59 Å². The van der Waals surface area contributed by atoms with E-state index in [0.29, 0.717) is 0 Å². The lowest BCUT2D eigenvalue weighted by atomic mass is 10.1. The number of rotatable bonds is 4. The first-order valence-corrected chi connectivity index (χ1v) is 4.66. The fraction of sp³-hybridized carbons (Fsp3) is 0.200. The minimum absolute atomic E-state index is 0.0489. The molecule has 0 aromatic heterocycles. The van der Waals surface area contributed by atoms with Gasteiger partial charge in [0.15, 0.2) is 0 Å². The van der Waals surface area contributed by atoms with Crippen LogP contribution >= 0.6 is 0 Å². The minimum Gasteiger partial charge on any atom is -0.478 e. The molecule has 0 aliphatic rings.